The molecule has 0 atom stereocenters. The number of carbonyl (C=O) groups is 3. The molecule has 3 amide bonds. The molecule has 0 bridgehead atoms. The van der Waals surface area contributed by atoms with E-state index in [1.54, 1.807) is 36.4 Å². The molecule has 0 fully saturated rings. The fraction of sp³-hybridized carbons (Fsp3) is 0.167. The van der Waals surface area contributed by atoms with E-state index >= 15 is 0 Å². The maximum Gasteiger partial charge on any atom is 0.471 e. The first-order valence-electron chi connectivity index (χ1n) is 7.91. The molecule has 0 saturated heterocycles. The number of nitrogens with zero attached hydrogens (tertiary/aromatic N) is 2. The smallest absolute Gasteiger partial charge is 0.444 e. The average molecular weight is 409 g/mol. The Morgan fingerprint density at radius 2 is 1.43 bits per heavy atom. The summed E-state index contributed by atoms with van der Waals surface area (Å²) in [5.41, 5.74) is 1.65. The molecule has 0 aromatic heterocycles. The van der Waals surface area contributed by atoms with Gasteiger partial charge in [-0.25, -0.2) is 0 Å². The van der Waals surface area contributed by atoms with Crippen molar-refractivity contribution in [3.8, 4) is 0 Å². The monoisotopic (exact) mass is 409 g/mol. The minimum Gasteiger partial charge on any atom is -0.444 e. The maximum atomic E-state index is 12.3. The largest absolute Gasteiger partial charge is 0.471 e. The minimum atomic E-state index is -5.16. The molecule has 6 nitrogen and oxygen atoms in total. The summed E-state index contributed by atoms with van der Waals surface area (Å²) in [5.74, 6) is -3.58. The molecule has 3 rings (SSSR count). The van der Waals surface area contributed by atoms with Crippen LogP contribution in [0.15, 0.2) is 52.9 Å². The number of amides is 3. The molecule has 0 aliphatic carbocycles. The number of imide groups is 1. The van der Waals surface area contributed by atoms with E-state index in [1.165, 1.54) is 12.1 Å². The molecule has 0 unspecified atom stereocenters. The number of rotatable bonds is 4. The molecule has 0 saturated carbocycles. The lowest BCUT2D eigenvalue weighted by molar-refractivity contribution is -0.169. The predicted molar refractivity (Wildman–Crippen MR) is 92.3 cm³/mol. The molecular weight excluding hydrogens is 397 g/mol. The second kappa shape index (κ2) is 7.55. The first-order chi connectivity index (χ1) is 13.2. The van der Waals surface area contributed by atoms with E-state index in [2.05, 4.69) is 4.36 Å². The zero-order chi connectivity index (χ0) is 20.5. The van der Waals surface area contributed by atoms with Crippen LogP contribution >= 0.6 is 0 Å². The van der Waals surface area contributed by atoms with Gasteiger partial charge in [-0.3, -0.25) is 19.3 Å². The summed E-state index contributed by atoms with van der Waals surface area (Å²) in [4.78, 5) is 36.5. The molecule has 1 aliphatic heterocycles. The Bertz CT molecular complexity index is 1010. The number of benzene rings is 2. The summed E-state index contributed by atoms with van der Waals surface area (Å²) in [6, 6.07) is 12.6. The number of halogens is 3. The molecule has 1 heterocycles. The highest BCUT2D eigenvalue weighted by molar-refractivity contribution is 7.74. The highest BCUT2D eigenvalue weighted by Gasteiger charge is 2.37. The van der Waals surface area contributed by atoms with Gasteiger partial charge in [-0.05, 0) is 17.7 Å². The Labute approximate surface area is 159 Å². The van der Waals surface area contributed by atoms with Crippen molar-refractivity contribution in [2.75, 3.05) is 0 Å². The van der Waals surface area contributed by atoms with Gasteiger partial charge < -0.3 is 8.57 Å². The molecule has 28 heavy (non-hydrogen) atoms. The highest BCUT2D eigenvalue weighted by Crippen LogP contribution is 2.24. The van der Waals surface area contributed by atoms with Crippen molar-refractivity contribution in [1.82, 2.24) is 4.90 Å². The van der Waals surface area contributed by atoms with Gasteiger partial charge in [-0.1, -0.05) is 47.7 Å². The number of hydrogen-bond donors (Lipinski definition) is 0. The van der Waals surface area contributed by atoms with Gasteiger partial charge >= 0.3 is 12.1 Å². The number of carbonyl (C=O) groups excluding carboxylic acids is 3. The van der Waals surface area contributed by atoms with Crippen molar-refractivity contribution in [2.24, 2.45) is 4.36 Å². The average Bonchev–Trinajstić information content (AvgIpc) is 2.88. The van der Waals surface area contributed by atoms with E-state index in [1.807, 2.05) is 0 Å². The molecule has 10 heteroatoms. The normalized spacial score (nSPS) is 15.0. The van der Waals surface area contributed by atoms with Crippen molar-refractivity contribution in [2.45, 2.75) is 18.5 Å². The first-order valence-corrected chi connectivity index (χ1v) is 9.19. The van der Waals surface area contributed by atoms with E-state index in [-0.39, 0.29) is 12.3 Å². The molecule has 0 spiro atoms. The van der Waals surface area contributed by atoms with Gasteiger partial charge in [0, 0.05) is 0 Å². The fourth-order valence-corrected chi connectivity index (χ4v) is 3.46. The Hall–Kier alpha value is -3.01. The molecule has 2 aromatic carbocycles. The second-order valence-electron chi connectivity index (χ2n) is 5.92. The summed E-state index contributed by atoms with van der Waals surface area (Å²) < 4.78 is 50.5. The highest BCUT2D eigenvalue weighted by atomic mass is 32.2. The van der Waals surface area contributed by atoms with Gasteiger partial charge in [0.15, 0.2) is 0 Å². The Kier molecular flexibility index (Phi) is 5.32. The molecule has 1 aliphatic rings. The first kappa shape index (κ1) is 19.7. The van der Waals surface area contributed by atoms with Crippen LogP contribution in [0.25, 0.3) is 0 Å². The van der Waals surface area contributed by atoms with Crippen LogP contribution in [0.4, 0.5) is 13.2 Å². The molecule has 146 valence electrons. The van der Waals surface area contributed by atoms with Gasteiger partial charge in [0.1, 0.15) is 0 Å². The third kappa shape index (κ3) is 4.11. The standard InChI is InChI=1S/C18H12F3N2O4S/c19-18(20,21)17(26)22-28(27)10-12-7-5-11(6-8-12)9-23-15(24)13-3-1-2-4-14(13)16(23)25/h1-8H,9-10H2/q-1. The van der Waals surface area contributed by atoms with Crippen LogP contribution in [-0.4, -0.2) is 28.8 Å². The SMILES string of the molecule is O=C1c2ccccc2C(=O)N1Cc1ccc(C[S-](=O)=NC(=O)C(F)(F)F)cc1. The second-order valence-corrected chi connectivity index (χ2v) is 7.03. The number of fused-ring (bicyclic) bond motifs is 1. The summed E-state index contributed by atoms with van der Waals surface area (Å²) in [7, 11) is -2.36. The van der Waals surface area contributed by atoms with Crippen LogP contribution in [0.2, 0.25) is 0 Å². The van der Waals surface area contributed by atoms with E-state index < -0.39 is 34.5 Å². The summed E-state index contributed by atoms with van der Waals surface area (Å²) in [6.45, 7) is 0.0205. The predicted octanol–water partition coefficient (Wildman–Crippen LogP) is 3.22. The lowest BCUT2D eigenvalue weighted by Crippen LogP contribution is -2.29. The van der Waals surface area contributed by atoms with Crippen molar-refractivity contribution in [3.63, 3.8) is 0 Å². The maximum absolute atomic E-state index is 12.3. The summed E-state index contributed by atoms with van der Waals surface area (Å²) in [6.07, 6.45) is -5.16. The van der Waals surface area contributed by atoms with Crippen molar-refractivity contribution < 1.29 is 31.8 Å². The van der Waals surface area contributed by atoms with Crippen LogP contribution in [0.1, 0.15) is 31.8 Å². The third-order valence-corrected chi connectivity index (χ3v) is 4.91. The van der Waals surface area contributed by atoms with Crippen LogP contribution in [-0.2, 0) is 31.9 Å². The lowest BCUT2D eigenvalue weighted by Gasteiger charge is -2.14. The number of alkyl halides is 3. The van der Waals surface area contributed by atoms with Crippen LogP contribution in [0, 0.1) is 0 Å². The Morgan fingerprint density at radius 1 is 0.929 bits per heavy atom. The minimum absolute atomic E-state index is 0.0205. The van der Waals surface area contributed by atoms with Crippen molar-refractivity contribution in [1.29, 1.82) is 0 Å². The fourth-order valence-electron chi connectivity index (χ4n) is 2.63. The van der Waals surface area contributed by atoms with Gasteiger partial charge in [0.25, 0.3) is 11.8 Å². The zero-order valence-electron chi connectivity index (χ0n) is 14.1. The van der Waals surface area contributed by atoms with E-state index in [4.69, 9.17) is 0 Å². The van der Waals surface area contributed by atoms with Gasteiger partial charge in [-0.15, -0.1) is 0 Å². The van der Waals surface area contributed by atoms with E-state index in [0.717, 1.165) is 4.90 Å². The molecule has 0 N–H and O–H groups in total. The van der Waals surface area contributed by atoms with Crippen LogP contribution in [0.3, 0.4) is 0 Å². The molecule has 2 aromatic rings. The Morgan fingerprint density at radius 3 is 1.93 bits per heavy atom. The van der Waals surface area contributed by atoms with Crippen molar-refractivity contribution >= 4 is 28.3 Å². The van der Waals surface area contributed by atoms with Crippen LogP contribution in [0.5, 0.6) is 0 Å². The molecular formula is C18H12F3N2O4S-. The van der Waals surface area contributed by atoms with E-state index in [0.29, 0.717) is 22.3 Å². The van der Waals surface area contributed by atoms with Gasteiger partial charge in [0.05, 0.1) is 17.7 Å². The Balaban J connectivity index is 1.68. The topological polar surface area (TPSA) is 83.9 Å². The third-order valence-electron chi connectivity index (χ3n) is 3.96. The summed E-state index contributed by atoms with van der Waals surface area (Å²) >= 11 is 0. The van der Waals surface area contributed by atoms with Crippen LogP contribution < -0.4 is 0 Å². The van der Waals surface area contributed by atoms with Gasteiger partial charge in [-0.2, -0.15) is 23.8 Å². The lowest BCUT2D eigenvalue weighted by atomic mass is 10.1. The molecule has 0 radical (unpaired) electrons. The van der Waals surface area contributed by atoms with Crippen molar-refractivity contribution in [3.05, 3.63) is 70.8 Å². The number of hydrogen-bond acceptors (Lipinski definition) is 5. The zero-order valence-corrected chi connectivity index (χ0v) is 14.9. The summed E-state index contributed by atoms with van der Waals surface area (Å²) in [5, 5.41) is 0. The van der Waals surface area contributed by atoms with Gasteiger partial charge in [0.2, 0.25) is 0 Å². The quantitative estimate of drug-likeness (QED) is 0.573. The van der Waals surface area contributed by atoms with E-state index in [9.17, 15) is 31.8 Å².